The number of nitrogens with one attached hydrogen (secondary N) is 1. The van der Waals surface area contributed by atoms with Crippen LogP contribution in [0.5, 0.6) is 0 Å². The zero-order valence-electron chi connectivity index (χ0n) is 12.5. The van der Waals surface area contributed by atoms with Gasteiger partial charge < -0.3 is 9.88 Å². The van der Waals surface area contributed by atoms with Crippen LogP contribution < -0.4 is 5.32 Å². The zero-order chi connectivity index (χ0) is 14.2. The summed E-state index contributed by atoms with van der Waals surface area (Å²) in [4.78, 5) is 18.8. The number of aromatic nitrogens is 2. The molecular formula is C14H24N4O. The summed E-state index contributed by atoms with van der Waals surface area (Å²) in [6, 6.07) is 0.237. The van der Waals surface area contributed by atoms with Gasteiger partial charge in [-0.3, -0.25) is 9.69 Å². The Balaban J connectivity index is 1.98. The first kappa shape index (κ1) is 14.1. The fourth-order valence-corrected chi connectivity index (χ4v) is 2.61. The molecule has 5 heteroatoms. The maximum absolute atomic E-state index is 12.3. The van der Waals surface area contributed by atoms with Crippen molar-refractivity contribution in [1.29, 1.82) is 0 Å². The van der Waals surface area contributed by atoms with Gasteiger partial charge in [0.15, 0.2) is 0 Å². The second-order valence-electron chi connectivity index (χ2n) is 6.37. The fraction of sp³-hybridized carbons (Fsp3) is 0.714. The summed E-state index contributed by atoms with van der Waals surface area (Å²) in [5, 5.41) is 3.12. The van der Waals surface area contributed by atoms with Crippen LogP contribution in [0.25, 0.3) is 0 Å². The molecule has 1 amide bonds. The van der Waals surface area contributed by atoms with E-state index in [0.717, 1.165) is 25.2 Å². The Hall–Kier alpha value is -1.36. The molecule has 0 unspecified atom stereocenters. The third-order valence-electron chi connectivity index (χ3n) is 3.81. The summed E-state index contributed by atoms with van der Waals surface area (Å²) < 4.78 is 1.78. The van der Waals surface area contributed by atoms with Crippen molar-refractivity contribution < 1.29 is 4.79 Å². The summed E-state index contributed by atoms with van der Waals surface area (Å²) in [6.45, 7) is 10.5. The van der Waals surface area contributed by atoms with Crippen LogP contribution in [0, 0.1) is 6.92 Å². The molecule has 2 rings (SSSR count). The van der Waals surface area contributed by atoms with Crippen LogP contribution in [0.3, 0.4) is 0 Å². The van der Waals surface area contributed by atoms with Gasteiger partial charge in [-0.1, -0.05) is 0 Å². The van der Waals surface area contributed by atoms with Crippen molar-refractivity contribution >= 4 is 5.91 Å². The van der Waals surface area contributed by atoms with Crippen LogP contribution in [0.1, 0.15) is 43.4 Å². The third-order valence-corrected chi connectivity index (χ3v) is 3.81. The van der Waals surface area contributed by atoms with E-state index in [1.807, 2.05) is 14.0 Å². The average molecular weight is 264 g/mol. The molecule has 1 aliphatic rings. The quantitative estimate of drug-likeness (QED) is 0.877. The molecule has 0 spiro atoms. The molecule has 19 heavy (non-hydrogen) atoms. The van der Waals surface area contributed by atoms with Crippen LogP contribution >= 0.6 is 0 Å². The molecule has 1 aromatic heterocycles. The number of carbonyl (C=O) groups is 1. The van der Waals surface area contributed by atoms with E-state index in [-0.39, 0.29) is 17.5 Å². The molecule has 1 aromatic rings. The van der Waals surface area contributed by atoms with Crippen LogP contribution in [-0.2, 0) is 7.05 Å². The van der Waals surface area contributed by atoms with Crippen molar-refractivity contribution in [3.63, 3.8) is 0 Å². The van der Waals surface area contributed by atoms with Gasteiger partial charge in [-0.25, -0.2) is 4.98 Å². The van der Waals surface area contributed by atoms with Gasteiger partial charge in [-0.15, -0.1) is 0 Å². The van der Waals surface area contributed by atoms with Gasteiger partial charge in [0.25, 0.3) is 5.91 Å². The van der Waals surface area contributed by atoms with E-state index in [9.17, 15) is 4.79 Å². The standard InChI is InChI=1S/C14H24N4O/c1-10-12(17(5)9-15-10)13(19)16-11-6-7-18(8-11)14(2,3)4/h9,11H,6-8H2,1-5H3,(H,16,19)/t11-/m0/s1. The highest BCUT2D eigenvalue weighted by atomic mass is 16.2. The minimum absolute atomic E-state index is 0.0155. The lowest BCUT2D eigenvalue weighted by Gasteiger charge is -2.31. The van der Waals surface area contributed by atoms with Crippen molar-refractivity contribution in [2.45, 2.75) is 45.7 Å². The van der Waals surface area contributed by atoms with Gasteiger partial charge in [0.1, 0.15) is 5.69 Å². The Bertz CT molecular complexity index is 453. The predicted molar refractivity (Wildman–Crippen MR) is 75.1 cm³/mol. The van der Waals surface area contributed by atoms with Crippen molar-refractivity contribution in [2.24, 2.45) is 7.05 Å². The van der Waals surface area contributed by atoms with E-state index in [4.69, 9.17) is 0 Å². The first-order valence-electron chi connectivity index (χ1n) is 6.83. The molecule has 0 radical (unpaired) electrons. The highest BCUT2D eigenvalue weighted by Crippen LogP contribution is 2.20. The predicted octanol–water partition coefficient (Wildman–Crippen LogP) is 1.33. The lowest BCUT2D eigenvalue weighted by Crippen LogP contribution is -2.43. The van der Waals surface area contributed by atoms with Crippen molar-refractivity contribution in [3.05, 3.63) is 17.7 Å². The zero-order valence-corrected chi connectivity index (χ0v) is 12.5. The van der Waals surface area contributed by atoms with Gasteiger partial charge in [-0.05, 0) is 34.1 Å². The number of hydrogen-bond donors (Lipinski definition) is 1. The SMILES string of the molecule is Cc1ncn(C)c1C(=O)N[C@H]1CCN(C(C)(C)C)C1. The van der Waals surface area contributed by atoms with Gasteiger partial charge >= 0.3 is 0 Å². The van der Waals surface area contributed by atoms with E-state index in [0.29, 0.717) is 5.69 Å². The number of rotatable bonds is 2. The second kappa shape index (κ2) is 4.96. The highest BCUT2D eigenvalue weighted by molar-refractivity contribution is 5.93. The Morgan fingerprint density at radius 2 is 2.16 bits per heavy atom. The summed E-state index contributed by atoms with van der Waals surface area (Å²) >= 11 is 0. The normalized spacial score (nSPS) is 20.8. The van der Waals surface area contributed by atoms with Crippen molar-refractivity contribution in [3.8, 4) is 0 Å². The monoisotopic (exact) mass is 264 g/mol. The summed E-state index contributed by atoms with van der Waals surface area (Å²) in [5.41, 5.74) is 1.61. The molecule has 5 nitrogen and oxygen atoms in total. The number of imidazole rings is 1. The van der Waals surface area contributed by atoms with Crippen LogP contribution in [0.2, 0.25) is 0 Å². The minimum Gasteiger partial charge on any atom is -0.347 e. The van der Waals surface area contributed by atoms with Gasteiger partial charge in [-0.2, -0.15) is 0 Å². The van der Waals surface area contributed by atoms with E-state index in [1.165, 1.54) is 0 Å². The van der Waals surface area contributed by atoms with Crippen molar-refractivity contribution in [1.82, 2.24) is 19.8 Å². The van der Waals surface area contributed by atoms with E-state index in [2.05, 4.69) is 36.0 Å². The number of hydrogen-bond acceptors (Lipinski definition) is 3. The molecule has 1 N–H and O–H groups in total. The number of aryl methyl sites for hydroxylation is 2. The molecule has 0 aliphatic carbocycles. The number of nitrogens with zero attached hydrogens (tertiary/aromatic N) is 3. The molecule has 0 bridgehead atoms. The van der Waals surface area contributed by atoms with Crippen LogP contribution in [0.4, 0.5) is 0 Å². The maximum Gasteiger partial charge on any atom is 0.270 e. The Morgan fingerprint density at radius 1 is 1.47 bits per heavy atom. The van der Waals surface area contributed by atoms with E-state index < -0.39 is 0 Å². The Labute approximate surface area is 115 Å². The summed E-state index contributed by atoms with van der Waals surface area (Å²) in [7, 11) is 1.85. The average Bonchev–Trinajstić information content (AvgIpc) is 2.85. The number of likely N-dealkylation sites (tertiary alicyclic amines) is 1. The highest BCUT2D eigenvalue weighted by Gasteiger charge is 2.31. The maximum atomic E-state index is 12.3. The van der Waals surface area contributed by atoms with Crippen molar-refractivity contribution in [2.75, 3.05) is 13.1 Å². The number of amides is 1. The lowest BCUT2D eigenvalue weighted by atomic mass is 10.1. The Kier molecular flexibility index (Phi) is 3.67. The summed E-state index contributed by atoms with van der Waals surface area (Å²) in [5.74, 6) is -0.0155. The molecule has 106 valence electrons. The Morgan fingerprint density at radius 3 is 2.63 bits per heavy atom. The first-order chi connectivity index (χ1) is 8.79. The fourth-order valence-electron chi connectivity index (χ4n) is 2.61. The van der Waals surface area contributed by atoms with Gasteiger partial charge in [0, 0.05) is 31.7 Å². The molecule has 1 fully saturated rings. The van der Waals surface area contributed by atoms with E-state index >= 15 is 0 Å². The summed E-state index contributed by atoms with van der Waals surface area (Å²) in [6.07, 6.45) is 2.69. The first-order valence-corrected chi connectivity index (χ1v) is 6.83. The molecule has 2 heterocycles. The van der Waals surface area contributed by atoms with Gasteiger partial charge in [0.05, 0.1) is 12.0 Å². The van der Waals surface area contributed by atoms with Crippen LogP contribution in [0.15, 0.2) is 6.33 Å². The minimum atomic E-state index is -0.0155. The van der Waals surface area contributed by atoms with Gasteiger partial charge in [0.2, 0.25) is 0 Å². The molecule has 1 saturated heterocycles. The molecule has 0 aromatic carbocycles. The second-order valence-corrected chi connectivity index (χ2v) is 6.37. The third kappa shape index (κ3) is 2.97. The molecule has 0 saturated carbocycles. The lowest BCUT2D eigenvalue weighted by molar-refractivity contribution is 0.0923. The van der Waals surface area contributed by atoms with Crippen LogP contribution in [-0.4, -0.2) is 45.0 Å². The van der Waals surface area contributed by atoms with E-state index in [1.54, 1.807) is 10.9 Å². The molecule has 1 atom stereocenters. The molecular weight excluding hydrogens is 240 g/mol. The number of carbonyl (C=O) groups excluding carboxylic acids is 1. The smallest absolute Gasteiger partial charge is 0.270 e. The molecule has 1 aliphatic heterocycles. The largest absolute Gasteiger partial charge is 0.347 e. The topological polar surface area (TPSA) is 50.2 Å².